The Kier molecular flexibility index (Phi) is 6.86. The van der Waals surface area contributed by atoms with Gasteiger partial charge in [-0.25, -0.2) is 18.2 Å². The average Bonchev–Trinajstić information content (AvgIpc) is 3.31. The van der Waals surface area contributed by atoms with Crippen LogP contribution >= 0.6 is 38.6 Å². The molecule has 2 aromatic rings. The molecule has 0 aliphatic carbocycles. The highest BCUT2D eigenvalue weighted by atomic mass is 79.9. The molecule has 152 valence electrons. The van der Waals surface area contributed by atoms with Crippen LogP contribution in [0.2, 0.25) is 0 Å². The minimum atomic E-state index is -3.63. The van der Waals surface area contributed by atoms with E-state index in [-0.39, 0.29) is 34.1 Å². The van der Waals surface area contributed by atoms with Gasteiger partial charge in [0.05, 0.1) is 16.3 Å². The molecule has 1 unspecified atom stereocenters. The van der Waals surface area contributed by atoms with E-state index in [1.54, 1.807) is 19.1 Å². The highest BCUT2D eigenvalue weighted by molar-refractivity contribution is 9.11. The average molecular weight is 508 g/mol. The number of aromatic nitrogens is 1. The number of hydrogen-bond donors (Lipinski definition) is 1. The van der Waals surface area contributed by atoms with Crippen LogP contribution in [0.1, 0.15) is 30.3 Å². The highest BCUT2D eigenvalue weighted by Gasteiger charge is 2.34. The molecule has 3 heterocycles. The van der Waals surface area contributed by atoms with Gasteiger partial charge in [-0.3, -0.25) is 4.79 Å². The molecule has 8 nitrogen and oxygen atoms in total. The van der Waals surface area contributed by atoms with Gasteiger partial charge in [0.2, 0.25) is 5.91 Å². The molecule has 28 heavy (non-hydrogen) atoms. The van der Waals surface area contributed by atoms with Gasteiger partial charge in [-0.1, -0.05) is 0 Å². The van der Waals surface area contributed by atoms with Crippen molar-refractivity contribution < 1.29 is 22.7 Å². The molecule has 0 spiro atoms. The zero-order valence-corrected chi connectivity index (χ0v) is 18.9. The minimum absolute atomic E-state index is 0.111. The lowest BCUT2D eigenvalue weighted by Crippen LogP contribution is -2.43. The fourth-order valence-electron chi connectivity index (χ4n) is 2.78. The van der Waals surface area contributed by atoms with Crippen LogP contribution in [0.4, 0.5) is 5.13 Å². The lowest BCUT2D eigenvalue weighted by molar-refractivity contribution is -0.120. The molecule has 1 amide bonds. The molecule has 0 saturated carbocycles. The number of rotatable bonds is 6. The van der Waals surface area contributed by atoms with E-state index in [0.29, 0.717) is 19.4 Å². The molecule has 0 aromatic carbocycles. The lowest BCUT2D eigenvalue weighted by Gasteiger charge is -2.30. The second kappa shape index (κ2) is 8.99. The summed E-state index contributed by atoms with van der Waals surface area (Å²) in [7, 11) is -3.63. The number of hydrogen-bond acceptors (Lipinski definition) is 8. The first-order chi connectivity index (χ1) is 13.3. The van der Waals surface area contributed by atoms with Crippen LogP contribution in [0.3, 0.4) is 0 Å². The Labute approximate surface area is 179 Å². The number of ether oxygens (including phenoxy) is 1. The molecule has 12 heteroatoms. The fraction of sp³-hybridized carbons (Fsp3) is 0.438. The number of sulfonamides is 1. The summed E-state index contributed by atoms with van der Waals surface area (Å²) < 4.78 is 32.8. The van der Waals surface area contributed by atoms with Gasteiger partial charge in [0.1, 0.15) is 4.21 Å². The molecular weight excluding hydrogens is 490 g/mol. The first-order valence-electron chi connectivity index (χ1n) is 8.50. The van der Waals surface area contributed by atoms with E-state index in [4.69, 9.17) is 4.74 Å². The third kappa shape index (κ3) is 4.79. The Morgan fingerprint density at radius 1 is 1.43 bits per heavy atom. The zero-order chi connectivity index (χ0) is 20.3. The maximum absolute atomic E-state index is 12.8. The maximum Gasteiger partial charge on any atom is 0.357 e. The van der Waals surface area contributed by atoms with Crippen LogP contribution in [0.5, 0.6) is 0 Å². The number of piperidine rings is 1. The lowest BCUT2D eigenvalue weighted by atomic mass is 9.99. The van der Waals surface area contributed by atoms with Gasteiger partial charge < -0.3 is 10.1 Å². The third-order valence-electron chi connectivity index (χ3n) is 4.12. The van der Waals surface area contributed by atoms with E-state index in [1.807, 2.05) is 0 Å². The van der Waals surface area contributed by atoms with Crippen molar-refractivity contribution in [2.45, 2.75) is 24.0 Å². The van der Waals surface area contributed by atoms with Crippen LogP contribution in [0.25, 0.3) is 0 Å². The number of amides is 1. The van der Waals surface area contributed by atoms with Crippen molar-refractivity contribution in [3.63, 3.8) is 0 Å². The number of carbonyl (C=O) groups excluding carboxylic acids is 2. The van der Waals surface area contributed by atoms with Crippen LogP contribution in [0.15, 0.2) is 25.5 Å². The SMILES string of the molecule is CCOC(=O)c1csc(NC(=O)C2CCCN(S(=O)(=O)c3ccc(Br)s3)C2)n1. The number of esters is 1. The van der Waals surface area contributed by atoms with E-state index in [2.05, 4.69) is 26.2 Å². The second-order valence-electron chi connectivity index (χ2n) is 6.01. The summed E-state index contributed by atoms with van der Waals surface area (Å²) in [4.78, 5) is 28.3. The molecule has 1 atom stereocenters. The van der Waals surface area contributed by atoms with Crippen molar-refractivity contribution in [2.75, 3.05) is 25.0 Å². The monoisotopic (exact) mass is 507 g/mol. The van der Waals surface area contributed by atoms with Crippen molar-refractivity contribution in [1.82, 2.24) is 9.29 Å². The number of nitrogens with zero attached hydrogens (tertiary/aromatic N) is 2. The van der Waals surface area contributed by atoms with E-state index in [9.17, 15) is 18.0 Å². The van der Waals surface area contributed by atoms with Crippen LogP contribution in [-0.4, -0.2) is 49.3 Å². The van der Waals surface area contributed by atoms with Crippen molar-refractivity contribution in [2.24, 2.45) is 5.92 Å². The van der Waals surface area contributed by atoms with Crippen LogP contribution in [-0.2, 0) is 19.6 Å². The summed E-state index contributed by atoms with van der Waals surface area (Å²) in [6, 6.07) is 3.25. The summed E-state index contributed by atoms with van der Waals surface area (Å²) in [5.74, 6) is -1.34. The predicted molar refractivity (Wildman–Crippen MR) is 110 cm³/mol. The number of anilines is 1. The second-order valence-corrected chi connectivity index (χ2v) is 11.5. The maximum atomic E-state index is 12.8. The molecule has 1 saturated heterocycles. The summed E-state index contributed by atoms with van der Waals surface area (Å²) in [5.41, 5.74) is 0.137. The van der Waals surface area contributed by atoms with E-state index >= 15 is 0 Å². The standard InChI is InChI=1S/C16H18BrN3O5S3/c1-2-25-15(22)11-9-26-16(18-11)19-14(21)10-4-3-7-20(8-10)28(23,24)13-6-5-12(17)27-13/h5-6,9-10H,2-4,7-8H2,1H3,(H,18,19,21). The molecule has 1 aliphatic heterocycles. The van der Waals surface area contributed by atoms with Crippen molar-refractivity contribution in [3.8, 4) is 0 Å². The Morgan fingerprint density at radius 3 is 2.89 bits per heavy atom. The summed E-state index contributed by atoms with van der Waals surface area (Å²) in [6.07, 6.45) is 1.18. The third-order valence-corrected chi connectivity index (χ3v) is 8.83. The molecule has 0 bridgehead atoms. The number of carbonyl (C=O) groups is 2. The van der Waals surface area contributed by atoms with Crippen molar-refractivity contribution in [1.29, 1.82) is 0 Å². The molecular formula is C16H18BrN3O5S3. The van der Waals surface area contributed by atoms with E-state index in [0.717, 1.165) is 26.5 Å². The summed E-state index contributed by atoms with van der Waals surface area (Å²) in [5, 5.41) is 4.48. The minimum Gasteiger partial charge on any atom is -0.461 e. The van der Waals surface area contributed by atoms with Gasteiger partial charge in [0.15, 0.2) is 10.8 Å². The van der Waals surface area contributed by atoms with Crippen LogP contribution < -0.4 is 5.32 Å². The number of thiazole rings is 1. The quantitative estimate of drug-likeness (QED) is 0.601. The van der Waals surface area contributed by atoms with Gasteiger partial charge >= 0.3 is 5.97 Å². The topological polar surface area (TPSA) is 106 Å². The van der Waals surface area contributed by atoms with Gasteiger partial charge in [0, 0.05) is 18.5 Å². The normalized spacial score (nSPS) is 18.0. The fourth-order valence-corrected chi connectivity index (χ4v) is 7.15. The van der Waals surface area contributed by atoms with Gasteiger partial charge in [-0.2, -0.15) is 4.31 Å². The van der Waals surface area contributed by atoms with Crippen molar-refractivity contribution in [3.05, 3.63) is 27.0 Å². The zero-order valence-electron chi connectivity index (χ0n) is 14.9. The first-order valence-corrected chi connectivity index (χ1v) is 12.4. The Hall–Kier alpha value is -1.34. The molecule has 1 aliphatic rings. The Bertz CT molecular complexity index is 972. The Morgan fingerprint density at radius 2 is 2.21 bits per heavy atom. The van der Waals surface area contributed by atoms with Gasteiger partial charge in [-0.05, 0) is 47.8 Å². The van der Waals surface area contributed by atoms with Gasteiger partial charge in [-0.15, -0.1) is 22.7 Å². The first kappa shape index (κ1) is 21.4. The molecule has 1 fully saturated rings. The Balaban J connectivity index is 1.65. The summed E-state index contributed by atoms with van der Waals surface area (Å²) in [6.45, 7) is 2.43. The van der Waals surface area contributed by atoms with Gasteiger partial charge in [0.25, 0.3) is 10.0 Å². The molecule has 3 rings (SSSR count). The van der Waals surface area contributed by atoms with E-state index < -0.39 is 21.9 Å². The molecule has 2 aromatic heterocycles. The van der Waals surface area contributed by atoms with E-state index in [1.165, 1.54) is 9.69 Å². The number of thiophene rings is 1. The predicted octanol–water partition coefficient (Wildman–Crippen LogP) is 3.18. The van der Waals surface area contributed by atoms with Crippen molar-refractivity contribution >= 4 is 65.6 Å². The number of nitrogens with one attached hydrogen (secondary N) is 1. The largest absolute Gasteiger partial charge is 0.461 e. The molecule has 0 radical (unpaired) electrons. The molecule has 1 N–H and O–H groups in total. The summed E-state index contributed by atoms with van der Waals surface area (Å²) >= 11 is 5.54. The number of halogens is 1. The smallest absolute Gasteiger partial charge is 0.357 e. The van der Waals surface area contributed by atoms with Crippen LogP contribution in [0, 0.1) is 5.92 Å². The highest BCUT2D eigenvalue weighted by Crippen LogP contribution is 2.31.